The Morgan fingerprint density at radius 1 is 1.09 bits per heavy atom. The maximum atomic E-state index is 6.03. The topological polar surface area (TPSA) is 57.4 Å². The van der Waals surface area contributed by atoms with Crippen LogP contribution in [0.1, 0.15) is 20.3 Å². The number of hydrogen-bond donors (Lipinski definition) is 1. The Morgan fingerprint density at radius 2 is 1.82 bits per heavy atom. The normalized spacial score (nSPS) is 12.2. The van der Waals surface area contributed by atoms with E-state index in [0.29, 0.717) is 18.4 Å². The summed E-state index contributed by atoms with van der Waals surface area (Å²) in [5.74, 6) is 2.03. The van der Waals surface area contributed by atoms with Crippen molar-refractivity contribution in [3.63, 3.8) is 0 Å². The monoisotopic (exact) mass is 300 g/mol. The van der Waals surface area contributed by atoms with Gasteiger partial charge in [-0.2, -0.15) is 0 Å². The molecule has 0 fully saturated rings. The van der Waals surface area contributed by atoms with Crippen molar-refractivity contribution in [1.82, 2.24) is 4.98 Å². The molecule has 0 spiro atoms. The summed E-state index contributed by atoms with van der Waals surface area (Å²) in [7, 11) is 1.61. The van der Waals surface area contributed by atoms with Crippen LogP contribution in [-0.2, 0) is 0 Å². The first-order valence-electron chi connectivity index (χ1n) is 7.57. The third kappa shape index (κ3) is 4.74. The van der Waals surface area contributed by atoms with Crippen molar-refractivity contribution < 1.29 is 9.47 Å². The van der Waals surface area contributed by atoms with Crippen LogP contribution in [-0.4, -0.2) is 24.7 Å². The van der Waals surface area contributed by atoms with Crippen molar-refractivity contribution in [3.05, 3.63) is 42.6 Å². The Bertz CT molecular complexity index is 582. The number of hydrogen-bond acceptors (Lipinski definition) is 4. The summed E-state index contributed by atoms with van der Waals surface area (Å²) in [4.78, 5) is 4.11. The van der Waals surface area contributed by atoms with Gasteiger partial charge in [-0.05, 0) is 41.7 Å². The van der Waals surface area contributed by atoms with E-state index in [4.69, 9.17) is 15.2 Å². The van der Waals surface area contributed by atoms with E-state index in [-0.39, 0.29) is 6.04 Å². The summed E-state index contributed by atoms with van der Waals surface area (Å²) in [6, 6.07) is 11.9. The molecule has 1 atom stereocenters. The molecule has 2 aromatic rings. The lowest BCUT2D eigenvalue weighted by molar-refractivity contribution is 0.271. The molecule has 22 heavy (non-hydrogen) atoms. The van der Waals surface area contributed by atoms with E-state index in [1.165, 1.54) is 0 Å². The van der Waals surface area contributed by atoms with E-state index in [9.17, 15) is 0 Å². The first kappa shape index (κ1) is 16.3. The molecule has 1 aromatic heterocycles. The van der Waals surface area contributed by atoms with Gasteiger partial charge in [-0.3, -0.25) is 0 Å². The number of nitrogens with two attached hydrogens (primary N) is 1. The largest absolute Gasteiger partial charge is 0.492 e. The van der Waals surface area contributed by atoms with Crippen molar-refractivity contribution in [3.8, 4) is 22.8 Å². The zero-order valence-electron chi connectivity index (χ0n) is 13.5. The molecule has 4 nitrogen and oxygen atoms in total. The standard InChI is InChI=1S/C18H24N2O2/c1-13(2)10-16(19)12-22-17-6-4-14(5-7-17)15-8-9-20-18(11-15)21-3/h4-9,11,13,16H,10,12,19H2,1-3H3. The number of aromatic nitrogens is 1. The molecule has 0 saturated heterocycles. The third-order valence-electron chi connectivity index (χ3n) is 3.37. The number of methoxy groups -OCH3 is 1. The average molecular weight is 300 g/mol. The SMILES string of the molecule is COc1cc(-c2ccc(OCC(N)CC(C)C)cc2)ccn1. The fraction of sp³-hybridized carbons (Fsp3) is 0.389. The fourth-order valence-corrected chi connectivity index (χ4v) is 2.32. The lowest BCUT2D eigenvalue weighted by Crippen LogP contribution is -2.29. The maximum absolute atomic E-state index is 6.03. The zero-order valence-corrected chi connectivity index (χ0v) is 13.5. The van der Waals surface area contributed by atoms with Crippen molar-refractivity contribution in [2.24, 2.45) is 11.7 Å². The number of benzene rings is 1. The van der Waals surface area contributed by atoms with Gasteiger partial charge in [-0.25, -0.2) is 4.98 Å². The number of pyridine rings is 1. The quantitative estimate of drug-likeness (QED) is 0.850. The fourth-order valence-electron chi connectivity index (χ4n) is 2.32. The second kappa shape index (κ2) is 7.80. The zero-order chi connectivity index (χ0) is 15.9. The van der Waals surface area contributed by atoms with Crippen LogP contribution in [0, 0.1) is 5.92 Å². The van der Waals surface area contributed by atoms with E-state index in [1.807, 2.05) is 36.4 Å². The van der Waals surface area contributed by atoms with Gasteiger partial charge >= 0.3 is 0 Å². The van der Waals surface area contributed by atoms with Gasteiger partial charge < -0.3 is 15.2 Å². The van der Waals surface area contributed by atoms with Crippen LogP contribution in [0.25, 0.3) is 11.1 Å². The first-order valence-corrected chi connectivity index (χ1v) is 7.57. The first-order chi connectivity index (χ1) is 10.6. The molecule has 2 rings (SSSR count). The molecule has 0 aliphatic rings. The Kier molecular flexibility index (Phi) is 5.78. The van der Waals surface area contributed by atoms with Gasteiger partial charge in [0.1, 0.15) is 12.4 Å². The van der Waals surface area contributed by atoms with E-state index in [2.05, 4.69) is 18.8 Å². The summed E-state index contributed by atoms with van der Waals surface area (Å²) in [5.41, 5.74) is 8.19. The van der Waals surface area contributed by atoms with Gasteiger partial charge in [-0.15, -0.1) is 0 Å². The average Bonchev–Trinajstić information content (AvgIpc) is 2.53. The molecular weight excluding hydrogens is 276 g/mol. The molecule has 0 amide bonds. The highest BCUT2D eigenvalue weighted by molar-refractivity contribution is 5.64. The molecule has 0 bridgehead atoms. The molecule has 0 aliphatic carbocycles. The van der Waals surface area contributed by atoms with Gasteiger partial charge in [0.25, 0.3) is 0 Å². The highest BCUT2D eigenvalue weighted by atomic mass is 16.5. The van der Waals surface area contributed by atoms with Crippen molar-refractivity contribution in [2.75, 3.05) is 13.7 Å². The van der Waals surface area contributed by atoms with Crippen molar-refractivity contribution >= 4 is 0 Å². The second-order valence-corrected chi connectivity index (χ2v) is 5.81. The van der Waals surface area contributed by atoms with Gasteiger partial charge in [0.15, 0.2) is 0 Å². The lowest BCUT2D eigenvalue weighted by atomic mass is 10.1. The van der Waals surface area contributed by atoms with E-state index in [0.717, 1.165) is 23.3 Å². The maximum Gasteiger partial charge on any atom is 0.213 e. The van der Waals surface area contributed by atoms with Crippen LogP contribution in [0.5, 0.6) is 11.6 Å². The summed E-state index contributed by atoms with van der Waals surface area (Å²) >= 11 is 0. The van der Waals surface area contributed by atoms with Crippen LogP contribution >= 0.6 is 0 Å². The molecule has 1 heterocycles. The molecule has 0 saturated carbocycles. The minimum absolute atomic E-state index is 0.0733. The van der Waals surface area contributed by atoms with Gasteiger partial charge in [0.05, 0.1) is 7.11 Å². The molecule has 1 unspecified atom stereocenters. The van der Waals surface area contributed by atoms with E-state index >= 15 is 0 Å². The van der Waals surface area contributed by atoms with Gasteiger partial charge in [0, 0.05) is 18.3 Å². The predicted molar refractivity (Wildman–Crippen MR) is 89.2 cm³/mol. The van der Waals surface area contributed by atoms with Crippen molar-refractivity contribution in [2.45, 2.75) is 26.3 Å². The highest BCUT2D eigenvalue weighted by Gasteiger charge is 2.07. The molecule has 4 heteroatoms. The summed E-state index contributed by atoms with van der Waals surface area (Å²) in [5, 5.41) is 0. The number of ether oxygens (including phenoxy) is 2. The Morgan fingerprint density at radius 3 is 2.45 bits per heavy atom. The number of nitrogens with zero attached hydrogens (tertiary/aromatic N) is 1. The van der Waals surface area contributed by atoms with Crippen LogP contribution in [0.15, 0.2) is 42.6 Å². The molecule has 1 aromatic carbocycles. The second-order valence-electron chi connectivity index (χ2n) is 5.81. The van der Waals surface area contributed by atoms with Gasteiger partial charge in [-0.1, -0.05) is 26.0 Å². The van der Waals surface area contributed by atoms with Crippen molar-refractivity contribution in [1.29, 1.82) is 0 Å². The predicted octanol–water partition coefficient (Wildman–Crippen LogP) is 3.51. The van der Waals surface area contributed by atoms with E-state index in [1.54, 1.807) is 13.3 Å². The Labute approximate surface area is 132 Å². The molecule has 118 valence electrons. The van der Waals surface area contributed by atoms with Crippen LogP contribution in [0.4, 0.5) is 0 Å². The van der Waals surface area contributed by atoms with Crippen LogP contribution in [0.3, 0.4) is 0 Å². The minimum atomic E-state index is 0.0733. The van der Waals surface area contributed by atoms with Gasteiger partial charge in [0.2, 0.25) is 5.88 Å². The number of rotatable bonds is 7. The molecule has 0 radical (unpaired) electrons. The minimum Gasteiger partial charge on any atom is -0.492 e. The Balaban J connectivity index is 1.98. The Hall–Kier alpha value is -2.07. The van der Waals surface area contributed by atoms with Crippen LogP contribution < -0.4 is 15.2 Å². The van der Waals surface area contributed by atoms with Crippen LogP contribution in [0.2, 0.25) is 0 Å². The summed E-state index contributed by atoms with van der Waals surface area (Å²) in [6.45, 7) is 4.87. The molecule has 0 aliphatic heterocycles. The van der Waals surface area contributed by atoms with E-state index < -0.39 is 0 Å². The lowest BCUT2D eigenvalue weighted by Gasteiger charge is -2.15. The molecule has 2 N–H and O–H groups in total. The summed E-state index contributed by atoms with van der Waals surface area (Å²) in [6.07, 6.45) is 2.71. The smallest absolute Gasteiger partial charge is 0.213 e. The third-order valence-corrected chi connectivity index (χ3v) is 3.37. The highest BCUT2D eigenvalue weighted by Crippen LogP contribution is 2.24. The molecular formula is C18H24N2O2. The summed E-state index contributed by atoms with van der Waals surface area (Å²) < 4.78 is 10.9.